The normalized spacial score (nSPS) is 11.7. The van der Waals surface area contributed by atoms with Gasteiger partial charge in [0.2, 0.25) is 31.9 Å². The lowest BCUT2D eigenvalue weighted by atomic mass is 10.1. The van der Waals surface area contributed by atoms with Crippen LogP contribution < -0.4 is 20.1 Å². The molecule has 0 aliphatic heterocycles. The van der Waals surface area contributed by atoms with Crippen molar-refractivity contribution < 1.29 is 35.3 Å². The fourth-order valence-electron chi connectivity index (χ4n) is 3.78. The molecule has 0 radical (unpaired) electrons. The molecule has 0 saturated carbocycles. The Morgan fingerprint density at radius 1 is 0.571 bits per heavy atom. The first-order chi connectivity index (χ1) is 20.1. The van der Waals surface area contributed by atoms with Crippen LogP contribution in [0.1, 0.15) is 37.2 Å². The number of furan rings is 2. The predicted molar refractivity (Wildman–Crippen MR) is 154 cm³/mol. The Labute approximate surface area is 243 Å². The largest absolute Gasteiger partial charge is 0.468 e. The van der Waals surface area contributed by atoms with E-state index in [4.69, 9.17) is 8.83 Å². The molecule has 222 valence electrons. The zero-order valence-corrected chi connectivity index (χ0v) is 24.0. The molecule has 0 aliphatic carbocycles. The van der Waals surface area contributed by atoms with E-state index in [1.54, 1.807) is 24.3 Å². The lowest BCUT2D eigenvalue weighted by molar-refractivity contribution is -0.118. The minimum atomic E-state index is -3.74. The van der Waals surface area contributed by atoms with Gasteiger partial charge in [0.1, 0.15) is 11.5 Å². The van der Waals surface area contributed by atoms with Crippen molar-refractivity contribution in [3.63, 3.8) is 0 Å². The number of unbranched alkanes of at least 4 members (excludes halogenated alkanes) is 1. The summed E-state index contributed by atoms with van der Waals surface area (Å²) >= 11 is 0. The van der Waals surface area contributed by atoms with Crippen LogP contribution in [-0.4, -0.2) is 28.6 Å². The van der Waals surface area contributed by atoms with Crippen molar-refractivity contribution in [3.05, 3.63) is 96.8 Å². The molecule has 0 saturated heterocycles. The molecule has 2 aromatic carbocycles. The van der Waals surface area contributed by atoms with Crippen LogP contribution in [0.3, 0.4) is 0 Å². The van der Waals surface area contributed by atoms with E-state index in [9.17, 15) is 26.4 Å². The van der Waals surface area contributed by atoms with Crippen molar-refractivity contribution in [2.75, 3.05) is 10.6 Å². The van der Waals surface area contributed by atoms with Gasteiger partial charge in [-0.1, -0.05) is 0 Å². The Balaban J connectivity index is 1.14. The van der Waals surface area contributed by atoms with E-state index in [0.29, 0.717) is 35.7 Å². The highest BCUT2D eigenvalue weighted by molar-refractivity contribution is 7.89. The maximum Gasteiger partial charge on any atom is 0.240 e. The molecule has 0 atom stereocenters. The van der Waals surface area contributed by atoms with E-state index in [1.165, 1.54) is 61.1 Å². The fourth-order valence-corrected chi connectivity index (χ4v) is 5.76. The number of rotatable bonds is 15. The van der Waals surface area contributed by atoms with E-state index in [0.717, 1.165) is 0 Å². The molecule has 4 aromatic rings. The van der Waals surface area contributed by atoms with Crippen LogP contribution in [0, 0.1) is 0 Å². The lowest BCUT2D eigenvalue weighted by Crippen LogP contribution is -2.23. The molecule has 0 unspecified atom stereocenters. The van der Waals surface area contributed by atoms with Gasteiger partial charge in [-0.3, -0.25) is 9.59 Å². The van der Waals surface area contributed by atoms with E-state index >= 15 is 0 Å². The van der Waals surface area contributed by atoms with Gasteiger partial charge in [0.25, 0.3) is 0 Å². The van der Waals surface area contributed by atoms with Gasteiger partial charge in [-0.05, 0) is 85.6 Å². The first kappa shape index (κ1) is 30.7. The van der Waals surface area contributed by atoms with Gasteiger partial charge in [-0.2, -0.15) is 0 Å². The Bertz CT molecular complexity index is 1540. The van der Waals surface area contributed by atoms with Crippen molar-refractivity contribution in [3.8, 4) is 0 Å². The zero-order valence-electron chi connectivity index (χ0n) is 22.4. The predicted octanol–water partition coefficient (Wildman–Crippen LogP) is 3.97. The summed E-state index contributed by atoms with van der Waals surface area (Å²) in [6.45, 7) is 0.0434. The summed E-state index contributed by atoms with van der Waals surface area (Å²) in [4.78, 5) is 24.7. The molecule has 0 spiro atoms. The van der Waals surface area contributed by atoms with Gasteiger partial charge in [-0.25, -0.2) is 26.3 Å². The van der Waals surface area contributed by atoms with Crippen LogP contribution in [0.5, 0.6) is 0 Å². The second-order valence-electron chi connectivity index (χ2n) is 9.16. The van der Waals surface area contributed by atoms with Crippen molar-refractivity contribution in [2.45, 2.75) is 48.6 Å². The average molecular weight is 615 g/mol. The summed E-state index contributed by atoms with van der Waals surface area (Å²) in [5.41, 5.74) is 0.897. The highest BCUT2D eigenvalue weighted by atomic mass is 32.2. The third-order valence-electron chi connectivity index (χ3n) is 5.99. The number of amides is 2. The van der Waals surface area contributed by atoms with Gasteiger partial charge in [0.15, 0.2) is 0 Å². The van der Waals surface area contributed by atoms with Crippen molar-refractivity contribution in [2.24, 2.45) is 0 Å². The van der Waals surface area contributed by atoms with Gasteiger partial charge < -0.3 is 19.5 Å². The quantitative estimate of drug-likeness (QED) is 0.145. The van der Waals surface area contributed by atoms with Gasteiger partial charge >= 0.3 is 0 Å². The van der Waals surface area contributed by atoms with E-state index in [1.807, 2.05) is 0 Å². The molecule has 2 aromatic heterocycles. The van der Waals surface area contributed by atoms with Crippen LogP contribution in [0.15, 0.2) is 104 Å². The smallest absolute Gasteiger partial charge is 0.240 e. The summed E-state index contributed by atoms with van der Waals surface area (Å²) in [5.74, 6) is 0.439. The van der Waals surface area contributed by atoms with Crippen LogP contribution in [0.4, 0.5) is 11.4 Å². The first-order valence-corrected chi connectivity index (χ1v) is 15.9. The number of hydrogen-bond donors (Lipinski definition) is 4. The fraction of sp³-hybridized carbons (Fsp3) is 0.214. The zero-order chi connectivity index (χ0) is 30.0. The number of carbonyl (C=O) groups is 2. The molecule has 4 rings (SSSR count). The molecule has 12 nitrogen and oxygen atoms in total. The molecular formula is C28H30N4O8S2. The van der Waals surface area contributed by atoms with Crippen LogP contribution in [0.25, 0.3) is 0 Å². The molecule has 0 fully saturated rings. The molecule has 2 amide bonds. The van der Waals surface area contributed by atoms with E-state index in [-0.39, 0.29) is 47.5 Å². The summed E-state index contributed by atoms with van der Waals surface area (Å²) < 4.78 is 64.8. The standard InChI is InChI=1S/C28H30N4O8S2/c33-27(31-21-9-13-25(14-10-21)41(35,36)29-19-23-5-3-17-39-23)7-1-2-8-28(34)32-22-11-15-26(16-12-22)42(37,38)30-20-24-6-4-18-40-24/h3-6,9-18,29-30H,1-2,7-8,19-20H2,(H,31,33)(H,32,34). The Morgan fingerprint density at radius 2 is 0.952 bits per heavy atom. The Hall–Kier alpha value is -4.24. The number of hydrogen-bond acceptors (Lipinski definition) is 8. The molecular weight excluding hydrogens is 584 g/mol. The summed E-state index contributed by atoms with van der Waals surface area (Å²) in [6.07, 6.45) is 4.18. The van der Waals surface area contributed by atoms with Crippen molar-refractivity contribution >= 4 is 43.2 Å². The molecule has 4 N–H and O–H groups in total. The molecule has 2 heterocycles. The number of benzene rings is 2. The minimum Gasteiger partial charge on any atom is -0.468 e. The number of anilines is 2. The Morgan fingerprint density at radius 3 is 1.29 bits per heavy atom. The van der Waals surface area contributed by atoms with E-state index in [2.05, 4.69) is 20.1 Å². The second kappa shape index (κ2) is 14.1. The maximum absolute atomic E-state index is 12.4. The number of sulfonamides is 2. The molecule has 14 heteroatoms. The monoisotopic (exact) mass is 614 g/mol. The average Bonchev–Trinajstić information content (AvgIpc) is 3.69. The maximum atomic E-state index is 12.4. The number of nitrogens with one attached hydrogen (secondary N) is 4. The second-order valence-corrected chi connectivity index (χ2v) is 12.7. The van der Waals surface area contributed by atoms with Crippen molar-refractivity contribution in [1.29, 1.82) is 0 Å². The number of carbonyl (C=O) groups excluding carboxylic acids is 2. The molecule has 42 heavy (non-hydrogen) atoms. The lowest BCUT2D eigenvalue weighted by Gasteiger charge is -2.09. The van der Waals surface area contributed by atoms with Gasteiger partial charge in [-0.15, -0.1) is 0 Å². The highest BCUT2D eigenvalue weighted by Gasteiger charge is 2.16. The van der Waals surface area contributed by atoms with E-state index < -0.39 is 20.0 Å². The first-order valence-electron chi connectivity index (χ1n) is 12.9. The topological polar surface area (TPSA) is 177 Å². The van der Waals surface area contributed by atoms with Crippen molar-refractivity contribution in [1.82, 2.24) is 9.44 Å². The summed E-state index contributed by atoms with van der Waals surface area (Å²) in [6, 6.07) is 18.2. The summed E-state index contributed by atoms with van der Waals surface area (Å²) in [5, 5.41) is 5.42. The van der Waals surface area contributed by atoms with Gasteiger partial charge in [0, 0.05) is 24.2 Å². The van der Waals surface area contributed by atoms with Crippen LogP contribution >= 0.6 is 0 Å². The SMILES string of the molecule is O=C(CCCCC(=O)Nc1ccc(S(=O)(=O)NCc2ccco2)cc1)Nc1ccc(S(=O)(=O)NCc2ccco2)cc1. The molecule has 0 aliphatic rings. The summed E-state index contributed by atoms with van der Waals surface area (Å²) in [7, 11) is -7.48. The van der Waals surface area contributed by atoms with Gasteiger partial charge in [0.05, 0.1) is 35.4 Å². The third-order valence-corrected chi connectivity index (χ3v) is 8.82. The molecule has 0 bridgehead atoms. The minimum absolute atomic E-state index is 0.0217. The highest BCUT2D eigenvalue weighted by Crippen LogP contribution is 2.17. The third kappa shape index (κ3) is 9.14. The van der Waals surface area contributed by atoms with Crippen LogP contribution in [0.2, 0.25) is 0 Å². The van der Waals surface area contributed by atoms with Crippen LogP contribution in [-0.2, 0) is 42.7 Å². The Kier molecular flexibility index (Phi) is 10.3.